The molecular weight excluding hydrogens is 284 g/mol. The Labute approximate surface area is 136 Å². The van der Waals surface area contributed by atoms with Crippen molar-refractivity contribution in [3.05, 3.63) is 60.3 Å². The molecule has 1 saturated heterocycles. The van der Waals surface area contributed by atoms with Gasteiger partial charge in [-0.1, -0.05) is 30.3 Å². The summed E-state index contributed by atoms with van der Waals surface area (Å²) in [5, 5.41) is 9.10. The van der Waals surface area contributed by atoms with Gasteiger partial charge >= 0.3 is 0 Å². The predicted molar refractivity (Wildman–Crippen MR) is 94.9 cm³/mol. The Morgan fingerprint density at radius 2 is 2.04 bits per heavy atom. The van der Waals surface area contributed by atoms with Crippen LogP contribution in [0.15, 0.2) is 54.7 Å². The first kappa shape index (κ1) is 14.3. The Bertz CT molecular complexity index is 793. The summed E-state index contributed by atoms with van der Waals surface area (Å²) in [7, 11) is 1.99. The molecule has 4 nitrogen and oxygen atoms in total. The molecule has 23 heavy (non-hydrogen) atoms. The molecule has 0 bridgehead atoms. The molecule has 0 saturated carbocycles. The first-order chi connectivity index (χ1) is 11.3. The molecule has 0 amide bonds. The van der Waals surface area contributed by atoms with Crippen molar-refractivity contribution in [3.8, 4) is 0 Å². The zero-order valence-corrected chi connectivity index (χ0v) is 13.4. The highest BCUT2D eigenvalue weighted by Gasteiger charge is 2.23. The van der Waals surface area contributed by atoms with Gasteiger partial charge in [0.15, 0.2) is 0 Å². The summed E-state index contributed by atoms with van der Waals surface area (Å²) < 4.78 is 1.93. The lowest BCUT2D eigenvalue weighted by atomic mass is 10.0. The zero-order chi connectivity index (χ0) is 15.6. The number of fused-ring (bicyclic) bond motifs is 1. The van der Waals surface area contributed by atoms with Crippen LogP contribution in [0, 0.1) is 0 Å². The zero-order valence-electron chi connectivity index (χ0n) is 13.4. The highest BCUT2D eigenvalue weighted by atomic mass is 15.3. The second kappa shape index (κ2) is 6.05. The molecule has 1 aromatic heterocycles. The van der Waals surface area contributed by atoms with E-state index in [0.717, 1.165) is 26.1 Å². The minimum Gasteiger partial charge on any atom is -0.366 e. The predicted octanol–water partition coefficient (Wildman–Crippen LogP) is 2.59. The maximum Gasteiger partial charge on any atom is 0.0680 e. The number of aryl methyl sites for hydroxylation is 1. The van der Waals surface area contributed by atoms with Crippen LogP contribution in [0.5, 0.6) is 0 Å². The average molecular weight is 306 g/mol. The molecule has 2 aromatic carbocycles. The van der Waals surface area contributed by atoms with Crippen molar-refractivity contribution in [1.82, 2.24) is 15.1 Å². The molecule has 0 radical (unpaired) electrons. The lowest BCUT2D eigenvalue weighted by molar-refractivity contribution is 0.474. The van der Waals surface area contributed by atoms with Crippen LogP contribution in [0.25, 0.3) is 10.9 Å². The molecule has 4 heteroatoms. The Kier molecular flexibility index (Phi) is 3.75. The molecule has 4 rings (SSSR count). The Morgan fingerprint density at radius 3 is 2.91 bits per heavy atom. The molecule has 118 valence electrons. The Morgan fingerprint density at radius 1 is 1.17 bits per heavy atom. The van der Waals surface area contributed by atoms with Gasteiger partial charge in [0, 0.05) is 43.8 Å². The van der Waals surface area contributed by atoms with E-state index in [0.29, 0.717) is 6.04 Å². The van der Waals surface area contributed by atoms with Gasteiger partial charge in [0.2, 0.25) is 0 Å². The summed E-state index contributed by atoms with van der Waals surface area (Å²) in [6.45, 7) is 3.11. The number of nitrogens with one attached hydrogen (secondary N) is 1. The molecule has 2 heterocycles. The van der Waals surface area contributed by atoms with Crippen molar-refractivity contribution in [2.45, 2.75) is 12.5 Å². The van der Waals surface area contributed by atoms with Gasteiger partial charge < -0.3 is 10.2 Å². The minimum atomic E-state index is 0.486. The SMILES string of the molecule is Cn1ncc2cc(N3CCNCC3Cc3ccccc3)ccc21. The standard InChI is InChI=1S/C19H22N4/c1-22-19-8-7-17(12-16(19)13-21-22)23-10-9-20-14-18(23)11-15-5-3-2-4-6-15/h2-8,12-13,18,20H,9-11,14H2,1H3. The van der Waals surface area contributed by atoms with Gasteiger partial charge in [0.1, 0.15) is 0 Å². The second-order valence-corrected chi connectivity index (χ2v) is 6.25. The lowest BCUT2D eigenvalue weighted by Crippen LogP contribution is -2.52. The topological polar surface area (TPSA) is 33.1 Å². The number of rotatable bonds is 3. The maximum atomic E-state index is 4.35. The Balaban J connectivity index is 1.63. The number of hydrogen-bond donors (Lipinski definition) is 1. The number of nitrogens with zero attached hydrogens (tertiary/aromatic N) is 3. The number of aromatic nitrogens is 2. The average Bonchev–Trinajstić information content (AvgIpc) is 2.97. The molecule has 0 spiro atoms. The third kappa shape index (κ3) is 2.82. The van der Waals surface area contributed by atoms with E-state index in [1.165, 1.54) is 22.2 Å². The monoisotopic (exact) mass is 306 g/mol. The molecule has 1 aliphatic heterocycles. The fourth-order valence-electron chi connectivity index (χ4n) is 3.50. The third-order valence-electron chi connectivity index (χ3n) is 4.73. The van der Waals surface area contributed by atoms with Gasteiger partial charge in [-0.15, -0.1) is 0 Å². The molecule has 1 fully saturated rings. The summed E-state index contributed by atoms with van der Waals surface area (Å²) in [6.07, 6.45) is 3.02. The van der Waals surface area contributed by atoms with E-state index < -0.39 is 0 Å². The third-order valence-corrected chi connectivity index (χ3v) is 4.73. The van der Waals surface area contributed by atoms with Crippen molar-refractivity contribution >= 4 is 16.6 Å². The summed E-state index contributed by atoms with van der Waals surface area (Å²) >= 11 is 0. The smallest absolute Gasteiger partial charge is 0.0680 e. The molecule has 1 atom stereocenters. The molecule has 1 unspecified atom stereocenters. The molecular formula is C19H22N4. The van der Waals surface area contributed by atoms with Crippen molar-refractivity contribution in [1.29, 1.82) is 0 Å². The molecule has 0 aliphatic carbocycles. The first-order valence-corrected chi connectivity index (χ1v) is 8.24. The van der Waals surface area contributed by atoms with Gasteiger partial charge in [-0.25, -0.2) is 0 Å². The van der Waals surface area contributed by atoms with E-state index in [-0.39, 0.29) is 0 Å². The van der Waals surface area contributed by atoms with Crippen LogP contribution in [-0.2, 0) is 13.5 Å². The number of hydrogen-bond acceptors (Lipinski definition) is 3. The normalized spacial score (nSPS) is 18.5. The van der Waals surface area contributed by atoms with Crippen molar-refractivity contribution < 1.29 is 0 Å². The van der Waals surface area contributed by atoms with Crippen molar-refractivity contribution in [2.24, 2.45) is 7.05 Å². The number of piperazine rings is 1. The van der Waals surface area contributed by atoms with Crippen LogP contribution in [0.1, 0.15) is 5.56 Å². The van der Waals surface area contributed by atoms with E-state index >= 15 is 0 Å². The number of benzene rings is 2. The largest absolute Gasteiger partial charge is 0.366 e. The van der Waals surface area contributed by atoms with Crippen LogP contribution >= 0.6 is 0 Å². The van der Waals surface area contributed by atoms with E-state index in [1.807, 2.05) is 17.9 Å². The highest BCUT2D eigenvalue weighted by molar-refractivity contribution is 5.82. The van der Waals surface area contributed by atoms with Gasteiger partial charge in [-0.2, -0.15) is 5.10 Å². The van der Waals surface area contributed by atoms with Gasteiger partial charge in [-0.05, 0) is 30.2 Å². The summed E-state index contributed by atoms with van der Waals surface area (Å²) in [5.41, 5.74) is 3.88. The summed E-state index contributed by atoms with van der Waals surface area (Å²) in [4.78, 5) is 2.54. The maximum absolute atomic E-state index is 4.35. The number of anilines is 1. The minimum absolute atomic E-state index is 0.486. The van der Waals surface area contributed by atoms with Crippen molar-refractivity contribution in [2.75, 3.05) is 24.5 Å². The highest BCUT2D eigenvalue weighted by Crippen LogP contribution is 2.25. The summed E-state index contributed by atoms with van der Waals surface area (Å²) in [5.74, 6) is 0. The fourth-order valence-corrected chi connectivity index (χ4v) is 3.50. The quantitative estimate of drug-likeness (QED) is 0.807. The van der Waals surface area contributed by atoms with Crippen LogP contribution in [0.3, 0.4) is 0 Å². The van der Waals surface area contributed by atoms with Gasteiger partial charge in [0.25, 0.3) is 0 Å². The molecule has 1 aliphatic rings. The summed E-state index contributed by atoms with van der Waals surface area (Å²) in [6, 6.07) is 17.9. The van der Waals surface area contributed by atoms with E-state index in [1.54, 1.807) is 0 Å². The van der Waals surface area contributed by atoms with Crippen LogP contribution in [-0.4, -0.2) is 35.5 Å². The van der Waals surface area contributed by atoms with Crippen LogP contribution in [0.4, 0.5) is 5.69 Å². The van der Waals surface area contributed by atoms with E-state index in [2.05, 4.69) is 63.8 Å². The van der Waals surface area contributed by atoms with Crippen molar-refractivity contribution in [3.63, 3.8) is 0 Å². The molecule has 3 aromatic rings. The Hall–Kier alpha value is -2.33. The van der Waals surface area contributed by atoms with Crippen LogP contribution < -0.4 is 10.2 Å². The molecule has 1 N–H and O–H groups in total. The van der Waals surface area contributed by atoms with E-state index in [9.17, 15) is 0 Å². The fraction of sp³-hybridized carbons (Fsp3) is 0.316. The van der Waals surface area contributed by atoms with Gasteiger partial charge in [-0.3, -0.25) is 4.68 Å². The lowest BCUT2D eigenvalue weighted by Gasteiger charge is -2.38. The van der Waals surface area contributed by atoms with Crippen LogP contribution in [0.2, 0.25) is 0 Å². The van der Waals surface area contributed by atoms with Gasteiger partial charge in [0.05, 0.1) is 11.7 Å². The second-order valence-electron chi connectivity index (χ2n) is 6.25. The first-order valence-electron chi connectivity index (χ1n) is 8.24. The van der Waals surface area contributed by atoms with E-state index in [4.69, 9.17) is 0 Å².